The average molecular weight is 266 g/mol. The van der Waals surface area contributed by atoms with Crippen molar-refractivity contribution in [2.75, 3.05) is 24.6 Å². The van der Waals surface area contributed by atoms with Gasteiger partial charge in [0, 0.05) is 31.9 Å². The zero-order valence-electron chi connectivity index (χ0n) is 12.3. The van der Waals surface area contributed by atoms with Crippen LogP contribution in [0.4, 0.5) is 5.95 Å². The van der Waals surface area contributed by atoms with E-state index in [2.05, 4.69) is 34.5 Å². The molecule has 1 fully saturated rings. The summed E-state index contributed by atoms with van der Waals surface area (Å²) in [7, 11) is 0. The van der Waals surface area contributed by atoms with Crippen molar-refractivity contribution < 1.29 is 4.74 Å². The number of hydrogen-bond donors (Lipinski definition) is 1. The smallest absolute Gasteiger partial charge is 0.205 e. The third-order valence-electron chi connectivity index (χ3n) is 3.59. The van der Waals surface area contributed by atoms with Crippen LogP contribution in [0.2, 0.25) is 0 Å². The maximum Gasteiger partial charge on any atom is 0.205 e. The van der Waals surface area contributed by atoms with Gasteiger partial charge in [-0.25, -0.2) is 4.98 Å². The Labute approximate surface area is 115 Å². The van der Waals surface area contributed by atoms with Gasteiger partial charge in [0.25, 0.3) is 0 Å². The molecule has 0 bridgehead atoms. The van der Waals surface area contributed by atoms with Gasteiger partial charge in [-0.1, -0.05) is 13.3 Å². The summed E-state index contributed by atoms with van der Waals surface area (Å²) in [6, 6.07) is 0.0583. The van der Waals surface area contributed by atoms with Crippen LogP contribution in [0.1, 0.15) is 32.4 Å². The second-order valence-corrected chi connectivity index (χ2v) is 5.44. The zero-order valence-corrected chi connectivity index (χ0v) is 12.3. The first-order valence-electron chi connectivity index (χ1n) is 7.27. The Balaban J connectivity index is 2.11. The van der Waals surface area contributed by atoms with Gasteiger partial charge >= 0.3 is 0 Å². The molecule has 0 aromatic carbocycles. The predicted molar refractivity (Wildman–Crippen MR) is 77.5 cm³/mol. The number of imidazole rings is 1. The van der Waals surface area contributed by atoms with E-state index in [0.717, 1.165) is 37.9 Å². The molecule has 2 N–H and O–H groups in total. The fourth-order valence-electron chi connectivity index (χ4n) is 2.45. The number of hydrogen-bond acceptors (Lipinski definition) is 4. The van der Waals surface area contributed by atoms with Crippen LogP contribution in [0.3, 0.4) is 0 Å². The lowest BCUT2D eigenvalue weighted by molar-refractivity contribution is 0.0268. The van der Waals surface area contributed by atoms with Gasteiger partial charge in [0.2, 0.25) is 5.95 Å². The highest BCUT2D eigenvalue weighted by Gasteiger charge is 2.26. The molecule has 1 aliphatic rings. The van der Waals surface area contributed by atoms with Crippen LogP contribution in [0.15, 0.2) is 6.20 Å². The van der Waals surface area contributed by atoms with E-state index in [1.54, 1.807) is 0 Å². The second-order valence-electron chi connectivity index (χ2n) is 5.44. The Morgan fingerprint density at radius 2 is 2.37 bits per heavy atom. The molecule has 2 heterocycles. The molecule has 5 nitrogen and oxygen atoms in total. The van der Waals surface area contributed by atoms with Crippen molar-refractivity contribution >= 4 is 5.95 Å². The molecule has 0 radical (unpaired) electrons. The lowest BCUT2D eigenvalue weighted by Gasteiger charge is -2.35. The summed E-state index contributed by atoms with van der Waals surface area (Å²) in [5, 5.41) is 0. The largest absolute Gasteiger partial charge is 0.373 e. The summed E-state index contributed by atoms with van der Waals surface area (Å²) in [6.07, 6.45) is 4.62. The molecule has 2 atom stereocenters. The Hall–Kier alpha value is -1.07. The topological polar surface area (TPSA) is 56.3 Å². The molecule has 1 aromatic rings. The molecule has 0 aliphatic carbocycles. The summed E-state index contributed by atoms with van der Waals surface area (Å²) in [5.41, 5.74) is 7.03. The van der Waals surface area contributed by atoms with Crippen molar-refractivity contribution in [3.05, 3.63) is 11.9 Å². The van der Waals surface area contributed by atoms with Gasteiger partial charge in [0.15, 0.2) is 0 Å². The van der Waals surface area contributed by atoms with E-state index in [0.29, 0.717) is 0 Å². The van der Waals surface area contributed by atoms with Crippen LogP contribution >= 0.6 is 0 Å². The van der Waals surface area contributed by atoms with Crippen molar-refractivity contribution in [2.24, 2.45) is 5.73 Å². The number of unbranched alkanes of at least 4 members (excludes halogenated alkanes) is 1. The molecule has 1 aromatic heterocycles. The van der Waals surface area contributed by atoms with E-state index in [9.17, 15) is 0 Å². The van der Waals surface area contributed by atoms with Gasteiger partial charge in [0.1, 0.15) is 0 Å². The minimum atomic E-state index is 0.0583. The van der Waals surface area contributed by atoms with Gasteiger partial charge in [0.05, 0.1) is 18.4 Å². The zero-order chi connectivity index (χ0) is 13.8. The highest BCUT2D eigenvalue weighted by atomic mass is 16.5. The lowest BCUT2D eigenvalue weighted by atomic mass is 10.1. The van der Waals surface area contributed by atoms with E-state index in [-0.39, 0.29) is 12.1 Å². The monoisotopic (exact) mass is 266 g/mol. The minimum Gasteiger partial charge on any atom is -0.373 e. The number of nitrogens with zero attached hydrogens (tertiary/aromatic N) is 3. The van der Waals surface area contributed by atoms with E-state index in [1.807, 2.05) is 6.92 Å². The molecule has 0 saturated carbocycles. The van der Waals surface area contributed by atoms with E-state index in [4.69, 9.17) is 10.5 Å². The highest BCUT2D eigenvalue weighted by molar-refractivity contribution is 5.34. The number of anilines is 1. The molecule has 0 amide bonds. The maximum atomic E-state index is 5.95. The Bertz CT molecular complexity index is 402. The van der Waals surface area contributed by atoms with Gasteiger partial charge < -0.3 is 19.9 Å². The molecule has 108 valence electrons. The van der Waals surface area contributed by atoms with Crippen LogP contribution < -0.4 is 10.6 Å². The van der Waals surface area contributed by atoms with E-state index in [1.165, 1.54) is 12.8 Å². The van der Waals surface area contributed by atoms with Crippen LogP contribution in [0, 0.1) is 6.92 Å². The van der Waals surface area contributed by atoms with Crippen molar-refractivity contribution in [1.82, 2.24) is 9.55 Å². The van der Waals surface area contributed by atoms with E-state index >= 15 is 0 Å². The Kier molecular flexibility index (Phi) is 4.82. The van der Waals surface area contributed by atoms with Crippen LogP contribution in [0.5, 0.6) is 0 Å². The van der Waals surface area contributed by atoms with Gasteiger partial charge in [-0.15, -0.1) is 0 Å². The summed E-state index contributed by atoms with van der Waals surface area (Å²) in [5.74, 6) is 1.07. The van der Waals surface area contributed by atoms with Gasteiger partial charge in [-0.2, -0.15) is 0 Å². The summed E-state index contributed by atoms with van der Waals surface area (Å²) < 4.78 is 7.98. The third-order valence-corrected chi connectivity index (χ3v) is 3.59. The van der Waals surface area contributed by atoms with Crippen molar-refractivity contribution in [3.8, 4) is 0 Å². The predicted octanol–water partition coefficient (Wildman–Crippen LogP) is 1.54. The van der Waals surface area contributed by atoms with Crippen LogP contribution in [0.25, 0.3) is 0 Å². The molecule has 19 heavy (non-hydrogen) atoms. The van der Waals surface area contributed by atoms with Crippen LogP contribution in [-0.4, -0.2) is 41.4 Å². The quantitative estimate of drug-likeness (QED) is 0.878. The molecular formula is C14H26N4O. The summed E-state index contributed by atoms with van der Waals surface area (Å²) >= 11 is 0. The standard InChI is InChI=1S/C14H26N4O/c1-4-5-6-17-9-11(2)16-14(17)18-7-8-19-13(10-18)12(3)15/h9,12-13H,4-8,10,15H2,1-3H3. The van der Waals surface area contributed by atoms with Crippen molar-refractivity contribution in [1.29, 1.82) is 0 Å². The third kappa shape index (κ3) is 3.48. The number of nitrogens with two attached hydrogens (primary N) is 1. The van der Waals surface area contributed by atoms with Crippen molar-refractivity contribution in [2.45, 2.75) is 52.3 Å². The lowest BCUT2D eigenvalue weighted by Crippen LogP contribution is -2.50. The fraction of sp³-hybridized carbons (Fsp3) is 0.786. The Morgan fingerprint density at radius 1 is 1.58 bits per heavy atom. The first-order chi connectivity index (χ1) is 9.11. The van der Waals surface area contributed by atoms with Crippen molar-refractivity contribution in [3.63, 3.8) is 0 Å². The number of morpholine rings is 1. The molecule has 1 saturated heterocycles. The minimum absolute atomic E-state index is 0.0583. The first kappa shape index (κ1) is 14.3. The normalized spacial score (nSPS) is 21.7. The highest BCUT2D eigenvalue weighted by Crippen LogP contribution is 2.19. The molecule has 2 unspecified atom stereocenters. The first-order valence-corrected chi connectivity index (χ1v) is 7.27. The maximum absolute atomic E-state index is 5.95. The molecule has 0 spiro atoms. The Morgan fingerprint density at radius 3 is 3.05 bits per heavy atom. The SMILES string of the molecule is CCCCn1cc(C)nc1N1CCOC(C(C)N)C1. The fourth-order valence-corrected chi connectivity index (χ4v) is 2.45. The summed E-state index contributed by atoms with van der Waals surface area (Å²) in [4.78, 5) is 6.98. The average Bonchev–Trinajstić information content (AvgIpc) is 2.77. The number of aryl methyl sites for hydroxylation is 2. The molecule has 5 heteroatoms. The number of aromatic nitrogens is 2. The van der Waals surface area contributed by atoms with E-state index < -0.39 is 0 Å². The molecule has 1 aliphatic heterocycles. The number of rotatable bonds is 5. The van der Waals surface area contributed by atoms with Gasteiger partial charge in [-0.05, 0) is 20.3 Å². The summed E-state index contributed by atoms with van der Waals surface area (Å²) in [6.45, 7) is 9.76. The second kappa shape index (κ2) is 6.39. The van der Waals surface area contributed by atoms with Gasteiger partial charge in [-0.3, -0.25) is 0 Å². The number of ether oxygens (including phenoxy) is 1. The molecular weight excluding hydrogens is 240 g/mol. The van der Waals surface area contributed by atoms with Crippen LogP contribution in [-0.2, 0) is 11.3 Å². The molecule has 2 rings (SSSR count).